The number of epoxide rings is 1. The lowest BCUT2D eigenvalue weighted by Gasteiger charge is -2.06. The van der Waals surface area contributed by atoms with Crippen LogP contribution in [0.4, 0.5) is 0 Å². The molecule has 1 saturated heterocycles. The lowest BCUT2D eigenvalue weighted by molar-refractivity contribution is 0.425. The highest BCUT2D eigenvalue weighted by atomic mass is 32.2. The van der Waals surface area contributed by atoms with E-state index in [1.165, 1.54) is 5.56 Å². The third-order valence-electron chi connectivity index (χ3n) is 2.55. The molecule has 1 aliphatic heterocycles. The van der Waals surface area contributed by atoms with E-state index in [4.69, 9.17) is 4.74 Å². The van der Waals surface area contributed by atoms with Crippen LogP contribution in [-0.2, 0) is 15.5 Å². The molecule has 2 atom stereocenters. The molecule has 2 unspecified atom stereocenters. The number of benzene rings is 1. The van der Waals surface area contributed by atoms with Gasteiger partial charge in [0.1, 0.15) is 0 Å². The topological polar surface area (TPSA) is 29.6 Å². The minimum absolute atomic E-state index is 0.232. The van der Waals surface area contributed by atoms with E-state index >= 15 is 0 Å². The Kier molecular flexibility index (Phi) is 3.22. The Balaban J connectivity index is 2.04. The van der Waals surface area contributed by atoms with Gasteiger partial charge in [-0.15, -0.1) is 0 Å². The van der Waals surface area contributed by atoms with Gasteiger partial charge in [-0.25, -0.2) is 0 Å². The van der Waals surface area contributed by atoms with Crippen molar-refractivity contribution in [2.75, 3.05) is 12.4 Å². The van der Waals surface area contributed by atoms with Gasteiger partial charge < -0.3 is 4.74 Å². The maximum Gasteiger partial charge on any atom is 0.0928 e. The molecule has 1 heterocycles. The molecule has 1 aromatic carbocycles. The largest absolute Gasteiger partial charge is 0.372 e. The highest BCUT2D eigenvalue weighted by Gasteiger charge is 2.25. The number of rotatable bonds is 4. The van der Waals surface area contributed by atoms with E-state index in [9.17, 15) is 4.21 Å². The fourth-order valence-electron chi connectivity index (χ4n) is 1.43. The second-order valence-electron chi connectivity index (χ2n) is 4.19. The Labute approximate surface area is 93.1 Å². The van der Waals surface area contributed by atoms with Crippen LogP contribution in [0.25, 0.3) is 0 Å². The Hall–Kier alpha value is -0.670. The van der Waals surface area contributed by atoms with Gasteiger partial charge in [-0.3, -0.25) is 4.21 Å². The Bertz CT molecular complexity index is 352. The molecule has 3 heteroatoms. The highest BCUT2D eigenvalue weighted by molar-refractivity contribution is 7.85. The molecule has 82 valence electrons. The highest BCUT2D eigenvalue weighted by Crippen LogP contribution is 2.19. The minimum atomic E-state index is -0.898. The summed E-state index contributed by atoms with van der Waals surface area (Å²) in [5, 5.41) is 0. The summed E-state index contributed by atoms with van der Waals surface area (Å²) in [6.45, 7) is 5.09. The van der Waals surface area contributed by atoms with E-state index in [0.29, 0.717) is 11.7 Å². The molecule has 0 saturated carbocycles. The lowest BCUT2D eigenvalue weighted by atomic mass is 10.0. The summed E-state index contributed by atoms with van der Waals surface area (Å²) in [6, 6.07) is 8.05. The van der Waals surface area contributed by atoms with E-state index in [1.54, 1.807) is 0 Å². The standard InChI is InChI=1S/C12H16O2S/c1-9(2)10-3-5-12(6-4-10)15(13)8-11-7-14-11/h3-6,9,11H,7-8H2,1-2H3. The van der Waals surface area contributed by atoms with Crippen molar-refractivity contribution in [3.8, 4) is 0 Å². The molecule has 0 aliphatic carbocycles. The molecule has 0 aromatic heterocycles. The van der Waals surface area contributed by atoms with E-state index < -0.39 is 10.8 Å². The first-order chi connectivity index (χ1) is 7.16. The number of hydrogen-bond acceptors (Lipinski definition) is 2. The number of hydrogen-bond donors (Lipinski definition) is 0. The predicted octanol–water partition coefficient (Wildman–Crippen LogP) is 2.32. The minimum Gasteiger partial charge on any atom is -0.372 e. The Morgan fingerprint density at radius 3 is 2.47 bits per heavy atom. The van der Waals surface area contributed by atoms with Crippen LogP contribution >= 0.6 is 0 Å². The second kappa shape index (κ2) is 4.45. The summed E-state index contributed by atoms with van der Waals surface area (Å²) < 4.78 is 16.9. The Morgan fingerprint density at radius 2 is 2.00 bits per heavy atom. The van der Waals surface area contributed by atoms with Crippen LogP contribution in [0.1, 0.15) is 25.3 Å². The molecule has 0 amide bonds. The molecule has 2 rings (SSSR count). The smallest absolute Gasteiger partial charge is 0.0928 e. The van der Waals surface area contributed by atoms with Crippen molar-refractivity contribution >= 4 is 10.8 Å². The normalized spacial score (nSPS) is 21.7. The Morgan fingerprint density at radius 1 is 1.40 bits per heavy atom. The van der Waals surface area contributed by atoms with Crippen molar-refractivity contribution in [1.29, 1.82) is 0 Å². The van der Waals surface area contributed by atoms with Crippen LogP contribution in [0.3, 0.4) is 0 Å². The van der Waals surface area contributed by atoms with Crippen molar-refractivity contribution < 1.29 is 8.95 Å². The van der Waals surface area contributed by atoms with Crippen molar-refractivity contribution in [2.45, 2.75) is 30.8 Å². The maximum absolute atomic E-state index is 11.8. The summed E-state index contributed by atoms with van der Waals surface area (Å²) in [7, 11) is -0.898. The van der Waals surface area contributed by atoms with Gasteiger partial charge in [-0.05, 0) is 23.6 Å². The van der Waals surface area contributed by atoms with Gasteiger partial charge in [0.2, 0.25) is 0 Å². The molecule has 2 nitrogen and oxygen atoms in total. The van der Waals surface area contributed by atoms with Crippen LogP contribution in [0.15, 0.2) is 29.2 Å². The predicted molar refractivity (Wildman–Crippen MR) is 61.5 cm³/mol. The van der Waals surface area contributed by atoms with Gasteiger partial charge >= 0.3 is 0 Å². The first-order valence-corrected chi connectivity index (χ1v) is 6.58. The van der Waals surface area contributed by atoms with Crippen molar-refractivity contribution in [3.63, 3.8) is 0 Å². The fraction of sp³-hybridized carbons (Fsp3) is 0.500. The molecule has 1 fully saturated rings. The van der Waals surface area contributed by atoms with Gasteiger partial charge in [0, 0.05) is 4.90 Å². The van der Waals surface area contributed by atoms with Crippen LogP contribution in [-0.4, -0.2) is 22.7 Å². The van der Waals surface area contributed by atoms with Crippen molar-refractivity contribution in [1.82, 2.24) is 0 Å². The van der Waals surface area contributed by atoms with Gasteiger partial charge in [-0.1, -0.05) is 26.0 Å². The average Bonchev–Trinajstić information content (AvgIpc) is 3.02. The third kappa shape index (κ3) is 2.89. The summed E-state index contributed by atoms with van der Waals surface area (Å²) in [4.78, 5) is 0.912. The summed E-state index contributed by atoms with van der Waals surface area (Å²) in [5.41, 5.74) is 1.29. The molecular formula is C12H16O2S. The third-order valence-corrected chi connectivity index (χ3v) is 4.02. The molecule has 0 spiro atoms. The van der Waals surface area contributed by atoms with E-state index in [2.05, 4.69) is 26.0 Å². The first-order valence-electron chi connectivity index (χ1n) is 5.27. The SMILES string of the molecule is CC(C)c1ccc(S(=O)CC2CO2)cc1. The molecule has 0 radical (unpaired) electrons. The molecule has 1 aromatic rings. The number of ether oxygens (including phenoxy) is 1. The molecule has 1 aliphatic rings. The summed E-state index contributed by atoms with van der Waals surface area (Å²) >= 11 is 0. The maximum atomic E-state index is 11.8. The first kappa shape index (κ1) is 10.8. The van der Waals surface area contributed by atoms with Gasteiger partial charge in [-0.2, -0.15) is 0 Å². The van der Waals surface area contributed by atoms with E-state index in [0.717, 1.165) is 11.5 Å². The van der Waals surface area contributed by atoms with Gasteiger partial charge in [0.25, 0.3) is 0 Å². The quantitative estimate of drug-likeness (QED) is 0.735. The average molecular weight is 224 g/mol. The molecule has 0 N–H and O–H groups in total. The zero-order chi connectivity index (χ0) is 10.8. The van der Waals surface area contributed by atoms with Crippen LogP contribution in [0.5, 0.6) is 0 Å². The fourth-order valence-corrected chi connectivity index (χ4v) is 2.60. The summed E-state index contributed by atoms with van der Waals surface area (Å²) in [6.07, 6.45) is 0.232. The van der Waals surface area contributed by atoms with Crippen LogP contribution < -0.4 is 0 Å². The molecule has 15 heavy (non-hydrogen) atoms. The monoisotopic (exact) mass is 224 g/mol. The van der Waals surface area contributed by atoms with Gasteiger partial charge in [0.05, 0.1) is 29.3 Å². The molecule has 0 bridgehead atoms. The zero-order valence-corrected chi connectivity index (χ0v) is 9.92. The summed E-state index contributed by atoms with van der Waals surface area (Å²) in [5.74, 6) is 1.17. The van der Waals surface area contributed by atoms with Gasteiger partial charge in [0.15, 0.2) is 0 Å². The van der Waals surface area contributed by atoms with Crippen LogP contribution in [0.2, 0.25) is 0 Å². The lowest BCUT2D eigenvalue weighted by Crippen LogP contribution is -2.04. The van der Waals surface area contributed by atoms with Crippen molar-refractivity contribution in [3.05, 3.63) is 29.8 Å². The second-order valence-corrected chi connectivity index (χ2v) is 5.69. The zero-order valence-electron chi connectivity index (χ0n) is 9.10. The van der Waals surface area contributed by atoms with E-state index in [-0.39, 0.29) is 6.10 Å². The van der Waals surface area contributed by atoms with E-state index in [1.807, 2.05) is 12.1 Å². The van der Waals surface area contributed by atoms with Crippen LogP contribution in [0, 0.1) is 0 Å². The molecular weight excluding hydrogens is 208 g/mol. The van der Waals surface area contributed by atoms with Crippen molar-refractivity contribution in [2.24, 2.45) is 0 Å².